The molecule has 0 aliphatic heterocycles. The van der Waals surface area contributed by atoms with Crippen molar-refractivity contribution in [2.75, 3.05) is 7.11 Å². The van der Waals surface area contributed by atoms with Crippen molar-refractivity contribution in [2.45, 2.75) is 46.1 Å². The Morgan fingerprint density at radius 1 is 1.29 bits per heavy atom. The number of fused-ring (bicyclic) bond motifs is 1. The van der Waals surface area contributed by atoms with Crippen LogP contribution in [0.5, 0.6) is 0 Å². The van der Waals surface area contributed by atoms with E-state index in [9.17, 15) is 9.90 Å². The summed E-state index contributed by atoms with van der Waals surface area (Å²) in [5, 5.41) is 10.4. The molecule has 0 radical (unpaired) electrons. The molecule has 17 heavy (non-hydrogen) atoms. The van der Waals surface area contributed by atoms with Crippen molar-refractivity contribution in [3.8, 4) is 0 Å². The van der Waals surface area contributed by atoms with Gasteiger partial charge in [0.05, 0.1) is 18.6 Å². The van der Waals surface area contributed by atoms with Gasteiger partial charge in [0.25, 0.3) is 0 Å². The molecule has 0 aromatic rings. The largest absolute Gasteiger partial charge is 0.469 e. The van der Waals surface area contributed by atoms with E-state index in [4.69, 9.17) is 4.74 Å². The van der Waals surface area contributed by atoms with Gasteiger partial charge in [0.15, 0.2) is 0 Å². The Morgan fingerprint density at radius 3 is 2.47 bits per heavy atom. The summed E-state index contributed by atoms with van der Waals surface area (Å²) < 4.78 is 4.94. The minimum atomic E-state index is -0.450. The van der Waals surface area contributed by atoms with E-state index < -0.39 is 5.41 Å². The zero-order valence-corrected chi connectivity index (χ0v) is 11.1. The maximum Gasteiger partial charge on any atom is 0.312 e. The maximum absolute atomic E-state index is 12.0. The third kappa shape index (κ3) is 1.01. The van der Waals surface area contributed by atoms with E-state index in [0.29, 0.717) is 11.8 Å². The van der Waals surface area contributed by atoms with Crippen LogP contribution in [0.4, 0.5) is 0 Å². The summed E-state index contributed by atoms with van der Waals surface area (Å²) in [5.74, 6) is 0.973. The lowest BCUT2D eigenvalue weighted by Gasteiger charge is -2.63. The Hall–Kier alpha value is -0.570. The van der Waals surface area contributed by atoms with Crippen LogP contribution in [0.1, 0.15) is 40.0 Å². The van der Waals surface area contributed by atoms with Gasteiger partial charge in [-0.2, -0.15) is 0 Å². The Kier molecular flexibility index (Phi) is 1.95. The molecule has 4 aliphatic rings. The molecular weight excluding hydrogens is 216 g/mol. The van der Waals surface area contributed by atoms with E-state index in [1.165, 1.54) is 13.5 Å². The Morgan fingerprint density at radius 2 is 1.94 bits per heavy atom. The normalized spacial score (nSPS) is 54.1. The van der Waals surface area contributed by atoms with Crippen molar-refractivity contribution < 1.29 is 14.6 Å². The van der Waals surface area contributed by atoms with Crippen molar-refractivity contribution in [1.82, 2.24) is 0 Å². The van der Waals surface area contributed by atoms with E-state index in [-0.39, 0.29) is 22.9 Å². The van der Waals surface area contributed by atoms with Gasteiger partial charge in [-0.05, 0) is 43.4 Å². The van der Waals surface area contributed by atoms with Gasteiger partial charge in [-0.1, -0.05) is 13.8 Å². The average Bonchev–Trinajstić information content (AvgIpc) is 2.89. The smallest absolute Gasteiger partial charge is 0.312 e. The number of rotatable bonds is 1. The first-order valence-electron chi connectivity index (χ1n) is 6.57. The third-order valence-corrected chi connectivity index (χ3v) is 6.38. The molecule has 4 aliphatic carbocycles. The number of esters is 1. The van der Waals surface area contributed by atoms with Crippen LogP contribution in [0.25, 0.3) is 0 Å². The second-order valence-corrected chi connectivity index (χ2v) is 7.10. The Bertz CT molecular complexity index is 389. The van der Waals surface area contributed by atoms with Crippen molar-refractivity contribution in [1.29, 1.82) is 0 Å². The second kappa shape index (κ2) is 2.87. The number of aliphatic hydroxyl groups excluding tert-OH is 1. The zero-order chi connectivity index (χ0) is 12.6. The molecule has 5 atom stereocenters. The van der Waals surface area contributed by atoms with Gasteiger partial charge in [0, 0.05) is 5.41 Å². The molecule has 0 aromatic heterocycles. The fraction of sp³-hybridized carbons (Fsp3) is 0.929. The molecule has 0 heterocycles. The summed E-state index contributed by atoms with van der Waals surface area (Å²) in [7, 11) is 1.45. The maximum atomic E-state index is 12.0. The molecule has 4 fully saturated rings. The van der Waals surface area contributed by atoms with Crippen LogP contribution in [0.3, 0.4) is 0 Å². The molecule has 0 aromatic carbocycles. The fourth-order valence-electron chi connectivity index (χ4n) is 5.02. The quantitative estimate of drug-likeness (QED) is 0.711. The highest BCUT2D eigenvalue weighted by Crippen LogP contribution is 2.81. The number of ether oxygens (including phenoxy) is 1. The molecule has 1 unspecified atom stereocenters. The summed E-state index contributed by atoms with van der Waals surface area (Å²) in [4.78, 5) is 12.0. The molecule has 2 bridgehead atoms. The predicted octanol–water partition coefficient (Wildman–Crippen LogP) is 1.98. The summed E-state index contributed by atoms with van der Waals surface area (Å²) in [6, 6.07) is 0. The van der Waals surface area contributed by atoms with Gasteiger partial charge in [0.1, 0.15) is 0 Å². The minimum absolute atomic E-state index is 0.141. The van der Waals surface area contributed by atoms with E-state index >= 15 is 0 Å². The second-order valence-electron chi connectivity index (χ2n) is 7.10. The van der Waals surface area contributed by atoms with E-state index in [0.717, 1.165) is 12.8 Å². The number of hydrogen-bond acceptors (Lipinski definition) is 3. The lowest BCUT2D eigenvalue weighted by molar-refractivity contribution is -0.193. The minimum Gasteiger partial charge on any atom is -0.469 e. The lowest BCUT2D eigenvalue weighted by atomic mass is 9.42. The first-order valence-corrected chi connectivity index (χ1v) is 6.57. The molecule has 4 saturated carbocycles. The summed E-state index contributed by atoms with van der Waals surface area (Å²) in [6.45, 7) is 6.54. The number of hydrogen-bond donors (Lipinski definition) is 1. The fourth-order valence-corrected chi connectivity index (χ4v) is 5.02. The van der Waals surface area contributed by atoms with E-state index in [1.54, 1.807) is 0 Å². The monoisotopic (exact) mass is 238 g/mol. The Balaban J connectivity index is 1.96. The number of methoxy groups -OCH3 is 1. The topological polar surface area (TPSA) is 46.5 Å². The van der Waals surface area contributed by atoms with Gasteiger partial charge in [-0.3, -0.25) is 4.79 Å². The summed E-state index contributed by atoms with van der Waals surface area (Å²) in [5.41, 5.74) is -0.363. The summed E-state index contributed by atoms with van der Waals surface area (Å²) in [6.07, 6.45) is 2.52. The van der Waals surface area contributed by atoms with Crippen LogP contribution in [-0.4, -0.2) is 24.3 Å². The molecule has 0 saturated heterocycles. The van der Waals surface area contributed by atoms with Gasteiger partial charge >= 0.3 is 5.97 Å². The van der Waals surface area contributed by atoms with E-state index in [2.05, 4.69) is 13.8 Å². The van der Waals surface area contributed by atoms with Crippen LogP contribution in [0.2, 0.25) is 0 Å². The molecule has 1 spiro atoms. The highest BCUT2D eigenvalue weighted by molar-refractivity contribution is 5.82. The van der Waals surface area contributed by atoms with Gasteiger partial charge in [0.2, 0.25) is 0 Å². The predicted molar refractivity (Wildman–Crippen MR) is 63.2 cm³/mol. The van der Waals surface area contributed by atoms with Crippen molar-refractivity contribution in [2.24, 2.45) is 28.1 Å². The SMILES string of the molecule is COC(=O)[C@@]1(C)C[C@@]12[C@@H]1CC(C[C@@H]2O)C1(C)C. The first-order chi connectivity index (χ1) is 7.80. The van der Waals surface area contributed by atoms with Crippen LogP contribution < -0.4 is 0 Å². The summed E-state index contributed by atoms with van der Waals surface area (Å²) >= 11 is 0. The van der Waals surface area contributed by atoms with Crippen LogP contribution in [-0.2, 0) is 9.53 Å². The average molecular weight is 238 g/mol. The number of aliphatic hydroxyl groups is 1. The highest BCUT2D eigenvalue weighted by atomic mass is 16.5. The zero-order valence-electron chi connectivity index (χ0n) is 11.1. The number of carbonyl (C=O) groups excluding carboxylic acids is 1. The highest BCUT2D eigenvalue weighted by Gasteiger charge is 2.81. The van der Waals surface area contributed by atoms with Crippen molar-refractivity contribution in [3.05, 3.63) is 0 Å². The molecule has 1 N–H and O–H groups in total. The van der Waals surface area contributed by atoms with Crippen LogP contribution >= 0.6 is 0 Å². The van der Waals surface area contributed by atoms with Gasteiger partial charge in [-0.15, -0.1) is 0 Å². The van der Waals surface area contributed by atoms with Crippen molar-refractivity contribution in [3.63, 3.8) is 0 Å². The van der Waals surface area contributed by atoms with E-state index in [1.807, 2.05) is 6.92 Å². The molecule has 3 heteroatoms. The van der Waals surface area contributed by atoms with Crippen LogP contribution in [0.15, 0.2) is 0 Å². The molecule has 3 nitrogen and oxygen atoms in total. The van der Waals surface area contributed by atoms with Crippen molar-refractivity contribution >= 4 is 5.97 Å². The molecular formula is C14H22O3. The first kappa shape index (κ1) is 11.5. The molecule has 96 valence electrons. The van der Waals surface area contributed by atoms with Gasteiger partial charge in [-0.25, -0.2) is 0 Å². The number of carbonyl (C=O) groups is 1. The van der Waals surface area contributed by atoms with Crippen LogP contribution in [0, 0.1) is 28.1 Å². The van der Waals surface area contributed by atoms with Gasteiger partial charge < -0.3 is 9.84 Å². The molecule has 4 rings (SSSR count). The third-order valence-electron chi connectivity index (χ3n) is 6.38. The molecule has 0 amide bonds. The Labute approximate surface area is 103 Å². The standard InChI is InChI=1S/C14H22O3/c1-12(2)8-5-9(12)14(10(15)6-8)7-13(14,3)11(16)17-4/h8-10,15H,5-7H2,1-4H3/t8?,9-,10+,13-,14+/m1/s1. The lowest BCUT2D eigenvalue weighted by Crippen LogP contribution is -2.60.